The van der Waals surface area contributed by atoms with Gasteiger partial charge in [0.05, 0.1) is 0 Å². The topological polar surface area (TPSA) is 82.1 Å². The fourth-order valence-electron chi connectivity index (χ4n) is 2.95. The number of urea groups is 1. The van der Waals surface area contributed by atoms with Crippen LogP contribution in [0.4, 0.5) is 9.59 Å². The van der Waals surface area contributed by atoms with E-state index in [9.17, 15) is 14.7 Å². The second kappa shape index (κ2) is 5.71. The molecule has 0 aromatic heterocycles. The number of likely N-dealkylation sites (tertiary alicyclic amines) is 1. The van der Waals surface area contributed by atoms with E-state index in [1.165, 1.54) is 11.9 Å². The van der Waals surface area contributed by atoms with Crippen LogP contribution in [0.3, 0.4) is 0 Å². The molecule has 2 fully saturated rings. The normalized spacial score (nSPS) is 27.9. The van der Waals surface area contributed by atoms with Crippen molar-refractivity contribution in [2.75, 3.05) is 26.7 Å². The third-order valence-electron chi connectivity index (χ3n) is 4.74. The molecule has 2 rings (SSSR count). The Balaban J connectivity index is 1.94. The van der Waals surface area contributed by atoms with Crippen LogP contribution < -0.4 is 5.32 Å². The Hall–Kier alpha value is -1.50. The van der Waals surface area contributed by atoms with E-state index in [0.717, 1.165) is 12.8 Å². The molecule has 120 valence electrons. The molecule has 7 nitrogen and oxygen atoms in total. The quantitative estimate of drug-likeness (QED) is 0.765. The summed E-state index contributed by atoms with van der Waals surface area (Å²) in [5.41, 5.74) is -2.26. The number of rotatable bonds is 3. The van der Waals surface area contributed by atoms with E-state index >= 15 is 0 Å². The Morgan fingerprint density at radius 2 is 2.05 bits per heavy atom. The van der Waals surface area contributed by atoms with Crippen molar-refractivity contribution < 1.29 is 19.4 Å². The van der Waals surface area contributed by atoms with Gasteiger partial charge in [0.15, 0.2) is 11.3 Å². The standard InChI is InChI=1S/C14H25N3O4/c1-4-5-8-15-11(18)17-9-6-14(7-10-17)13(2,20)16(3)12(19)21-14/h20H,4-10H2,1-3H3,(H,15,18). The van der Waals surface area contributed by atoms with E-state index < -0.39 is 17.4 Å². The number of hydrogen-bond donors (Lipinski definition) is 2. The number of piperidine rings is 1. The van der Waals surface area contributed by atoms with E-state index in [4.69, 9.17) is 4.74 Å². The van der Waals surface area contributed by atoms with Crippen molar-refractivity contribution in [3.63, 3.8) is 0 Å². The molecule has 0 aliphatic carbocycles. The molecule has 2 heterocycles. The highest BCUT2D eigenvalue weighted by molar-refractivity contribution is 5.75. The van der Waals surface area contributed by atoms with E-state index in [0.29, 0.717) is 32.5 Å². The highest BCUT2D eigenvalue weighted by Gasteiger charge is 2.61. The first-order chi connectivity index (χ1) is 9.84. The first-order valence-electron chi connectivity index (χ1n) is 7.56. The van der Waals surface area contributed by atoms with Crippen LogP contribution in [0.5, 0.6) is 0 Å². The number of unbranched alkanes of at least 4 members (excludes halogenated alkanes) is 1. The van der Waals surface area contributed by atoms with E-state index in [1.54, 1.807) is 11.8 Å². The zero-order chi connectivity index (χ0) is 15.7. The second-order valence-corrected chi connectivity index (χ2v) is 6.01. The average Bonchev–Trinajstić information content (AvgIpc) is 2.61. The molecule has 0 bridgehead atoms. The summed E-state index contributed by atoms with van der Waals surface area (Å²) in [4.78, 5) is 26.6. The summed E-state index contributed by atoms with van der Waals surface area (Å²) in [5.74, 6) is 0. The minimum atomic E-state index is -1.34. The number of hydrogen-bond acceptors (Lipinski definition) is 4. The van der Waals surface area contributed by atoms with Gasteiger partial charge in [-0.25, -0.2) is 9.59 Å². The van der Waals surface area contributed by atoms with E-state index in [2.05, 4.69) is 12.2 Å². The van der Waals surface area contributed by atoms with Crippen LogP contribution in [0.2, 0.25) is 0 Å². The van der Waals surface area contributed by atoms with Gasteiger partial charge < -0.3 is 20.1 Å². The van der Waals surface area contributed by atoms with Gasteiger partial charge in [0.2, 0.25) is 0 Å². The minimum Gasteiger partial charge on any atom is -0.437 e. The Morgan fingerprint density at radius 1 is 1.43 bits per heavy atom. The number of carbonyl (C=O) groups excluding carboxylic acids is 2. The zero-order valence-electron chi connectivity index (χ0n) is 13.0. The largest absolute Gasteiger partial charge is 0.437 e. The average molecular weight is 299 g/mol. The summed E-state index contributed by atoms with van der Waals surface area (Å²) < 4.78 is 5.42. The lowest BCUT2D eigenvalue weighted by atomic mass is 9.82. The molecular formula is C14H25N3O4. The van der Waals surface area contributed by atoms with Gasteiger partial charge in [0.1, 0.15) is 0 Å². The van der Waals surface area contributed by atoms with Crippen LogP contribution in [-0.2, 0) is 4.74 Å². The molecule has 2 aliphatic heterocycles. The first-order valence-corrected chi connectivity index (χ1v) is 7.56. The maximum atomic E-state index is 12.0. The Morgan fingerprint density at radius 3 is 2.52 bits per heavy atom. The summed E-state index contributed by atoms with van der Waals surface area (Å²) in [7, 11) is 1.53. The van der Waals surface area contributed by atoms with Crippen molar-refractivity contribution >= 4 is 12.1 Å². The summed E-state index contributed by atoms with van der Waals surface area (Å²) in [6.07, 6.45) is 2.37. The lowest BCUT2D eigenvalue weighted by Crippen LogP contribution is -2.60. The SMILES string of the molecule is CCCCNC(=O)N1CCC2(CC1)OC(=O)N(C)C2(C)O. The van der Waals surface area contributed by atoms with Crippen LogP contribution in [0, 0.1) is 0 Å². The number of likely N-dealkylation sites (N-methyl/N-ethyl adjacent to an activating group) is 1. The fraction of sp³-hybridized carbons (Fsp3) is 0.857. The minimum absolute atomic E-state index is 0.0874. The molecular weight excluding hydrogens is 274 g/mol. The van der Waals surface area contributed by atoms with Crippen LogP contribution in [-0.4, -0.2) is 65.0 Å². The summed E-state index contributed by atoms with van der Waals surface area (Å²) in [5, 5.41) is 13.4. The molecule has 0 radical (unpaired) electrons. The maximum Gasteiger partial charge on any atom is 0.412 e. The zero-order valence-corrected chi connectivity index (χ0v) is 13.0. The number of nitrogens with one attached hydrogen (secondary N) is 1. The number of ether oxygens (including phenoxy) is 1. The maximum absolute atomic E-state index is 12.0. The summed E-state index contributed by atoms with van der Waals surface area (Å²) in [6.45, 7) is 5.27. The number of carbonyl (C=O) groups is 2. The second-order valence-electron chi connectivity index (χ2n) is 6.01. The molecule has 21 heavy (non-hydrogen) atoms. The van der Waals surface area contributed by atoms with E-state index in [-0.39, 0.29) is 6.03 Å². The van der Waals surface area contributed by atoms with Crippen molar-refractivity contribution in [1.29, 1.82) is 0 Å². The van der Waals surface area contributed by atoms with Gasteiger partial charge in [0, 0.05) is 39.5 Å². The van der Waals surface area contributed by atoms with Gasteiger partial charge in [-0.15, -0.1) is 0 Å². The molecule has 3 amide bonds. The Kier molecular flexibility index (Phi) is 4.32. The molecule has 2 saturated heterocycles. The van der Waals surface area contributed by atoms with Crippen LogP contribution in [0.1, 0.15) is 39.5 Å². The van der Waals surface area contributed by atoms with E-state index in [1.807, 2.05) is 0 Å². The predicted molar refractivity (Wildman–Crippen MR) is 76.7 cm³/mol. The molecule has 7 heteroatoms. The Bertz CT molecular complexity index is 416. The predicted octanol–water partition coefficient (Wildman–Crippen LogP) is 1.12. The molecule has 0 saturated carbocycles. The molecule has 1 spiro atoms. The highest BCUT2D eigenvalue weighted by Crippen LogP contribution is 2.43. The van der Waals surface area contributed by atoms with Crippen molar-refractivity contribution in [3.8, 4) is 0 Å². The molecule has 0 aromatic rings. The Labute approximate surface area is 125 Å². The lowest BCUT2D eigenvalue weighted by Gasteiger charge is -2.44. The summed E-state index contributed by atoms with van der Waals surface area (Å²) >= 11 is 0. The van der Waals surface area contributed by atoms with Gasteiger partial charge in [-0.3, -0.25) is 4.90 Å². The van der Waals surface area contributed by atoms with Gasteiger partial charge in [-0.05, 0) is 13.3 Å². The van der Waals surface area contributed by atoms with Gasteiger partial charge >= 0.3 is 12.1 Å². The monoisotopic (exact) mass is 299 g/mol. The van der Waals surface area contributed by atoms with Crippen molar-refractivity contribution in [2.24, 2.45) is 0 Å². The van der Waals surface area contributed by atoms with Crippen LogP contribution in [0.15, 0.2) is 0 Å². The van der Waals surface area contributed by atoms with Crippen molar-refractivity contribution in [1.82, 2.24) is 15.1 Å². The molecule has 1 unspecified atom stereocenters. The third-order valence-corrected chi connectivity index (χ3v) is 4.74. The summed E-state index contributed by atoms with van der Waals surface area (Å²) in [6, 6.07) is -0.0874. The number of nitrogens with zero attached hydrogens (tertiary/aromatic N) is 2. The molecule has 0 aromatic carbocycles. The lowest BCUT2D eigenvalue weighted by molar-refractivity contribution is -0.157. The van der Waals surface area contributed by atoms with Crippen LogP contribution >= 0.6 is 0 Å². The number of aliphatic hydroxyl groups is 1. The van der Waals surface area contributed by atoms with Crippen LogP contribution in [0.25, 0.3) is 0 Å². The van der Waals surface area contributed by atoms with Gasteiger partial charge in [0.25, 0.3) is 0 Å². The fourth-order valence-corrected chi connectivity index (χ4v) is 2.95. The third kappa shape index (κ3) is 2.66. The van der Waals surface area contributed by atoms with Crippen molar-refractivity contribution in [2.45, 2.75) is 50.9 Å². The first kappa shape index (κ1) is 15.9. The van der Waals surface area contributed by atoms with Gasteiger partial charge in [-0.2, -0.15) is 0 Å². The number of amides is 3. The molecule has 2 N–H and O–H groups in total. The smallest absolute Gasteiger partial charge is 0.412 e. The van der Waals surface area contributed by atoms with Crippen molar-refractivity contribution in [3.05, 3.63) is 0 Å². The molecule has 2 aliphatic rings. The van der Waals surface area contributed by atoms with Gasteiger partial charge in [-0.1, -0.05) is 13.3 Å². The highest BCUT2D eigenvalue weighted by atomic mass is 16.6. The molecule has 1 atom stereocenters.